The van der Waals surface area contributed by atoms with Crippen LogP contribution in [0, 0.1) is 5.82 Å². The number of methoxy groups -OCH3 is 1. The highest BCUT2D eigenvalue weighted by Crippen LogP contribution is 2.27. The Kier molecular flexibility index (Phi) is 5.64. The van der Waals surface area contributed by atoms with Crippen LogP contribution >= 0.6 is 15.9 Å². The standard InChI is InChI=1S/C15H21BrFNO/c1-19-14-7-6-12(15(17)10-14)11-18(9-3-8-16)13-4-2-5-13/h6-7,10,13H,2-5,8-9,11H2,1H3. The number of alkyl halides is 1. The maximum atomic E-state index is 14.0. The van der Waals surface area contributed by atoms with E-state index in [1.54, 1.807) is 7.11 Å². The largest absolute Gasteiger partial charge is 0.497 e. The quantitative estimate of drug-likeness (QED) is 0.702. The van der Waals surface area contributed by atoms with Crippen molar-refractivity contribution >= 4 is 15.9 Å². The second-order valence-electron chi connectivity index (χ2n) is 5.06. The van der Waals surface area contributed by atoms with Crippen LogP contribution in [0.3, 0.4) is 0 Å². The van der Waals surface area contributed by atoms with Crippen molar-refractivity contribution in [3.63, 3.8) is 0 Å². The van der Waals surface area contributed by atoms with Crippen molar-refractivity contribution in [2.24, 2.45) is 0 Å². The molecule has 1 aliphatic rings. The summed E-state index contributed by atoms with van der Waals surface area (Å²) in [6, 6.07) is 5.79. The Hall–Kier alpha value is -0.610. The van der Waals surface area contributed by atoms with E-state index >= 15 is 0 Å². The van der Waals surface area contributed by atoms with Crippen LogP contribution in [-0.4, -0.2) is 29.9 Å². The van der Waals surface area contributed by atoms with Gasteiger partial charge in [0, 0.05) is 29.5 Å². The first-order valence-electron chi connectivity index (χ1n) is 6.87. The molecule has 1 aliphatic carbocycles. The van der Waals surface area contributed by atoms with Gasteiger partial charge in [-0.2, -0.15) is 0 Å². The fourth-order valence-corrected chi connectivity index (χ4v) is 2.66. The first-order chi connectivity index (χ1) is 9.24. The van der Waals surface area contributed by atoms with Crippen molar-refractivity contribution in [1.82, 2.24) is 4.90 Å². The van der Waals surface area contributed by atoms with Crippen LogP contribution in [-0.2, 0) is 6.54 Å². The van der Waals surface area contributed by atoms with Crippen molar-refractivity contribution < 1.29 is 9.13 Å². The summed E-state index contributed by atoms with van der Waals surface area (Å²) in [5.74, 6) is 0.416. The Balaban J connectivity index is 2.02. The Labute approximate surface area is 123 Å². The smallest absolute Gasteiger partial charge is 0.131 e. The first kappa shape index (κ1) is 14.8. The van der Waals surface area contributed by atoms with Crippen molar-refractivity contribution in [3.8, 4) is 5.75 Å². The molecule has 1 fully saturated rings. The van der Waals surface area contributed by atoms with E-state index in [-0.39, 0.29) is 5.82 Å². The number of hydrogen-bond acceptors (Lipinski definition) is 2. The van der Waals surface area contributed by atoms with Crippen LogP contribution in [0.1, 0.15) is 31.2 Å². The van der Waals surface area contributed by atoms with Crippen LogP contribution in [0.5, 0.6) is 5.75 Å². The van der Waals surface area contributed by atoms with Crippen molar-refractivity contribution in [2.45, 2.75) is 38.3 Å². The predicted molar refractivity (Wildman–Crippen MR) is 79.4 cm³/mol. The minimum Gasteiger partial charge on any atom is -0.497 e. The molecule has 106 valence electrons. The van der Waals surface area contributed by atoms with Gasteiger partial charge in [0.2, 0.25) is 0 Å². The van der Waals surface area contributed by atoms with E-state index in [1.165, 1.54) is 25.3 Å². The molecule has 1 aromatic rings. The van der Waals surface area contributed by atoms with Gasteiger partial charge in [0.05, 0.1) is 7.11 Å². The Morgan fingerprint density at radius 1 is 1.42 bits per heavy atom. The van der Waals surface area contributed by atoms with E-state index in [1.807, 2.05) is 12.1 Å². The Morgan fingerprint density at radius 2 is 2.21 bits per heavy atom. The maximum absolute atomic E-state index is 14.0. The molecule has 2 nitrogen and oxygen atoms in total. The van der Waals surface area contributed by atoms with Gasteiger partial charge in [0.25, 0.3) is 0 Å². The molecule has 0 bridgehead atoms. The molecular weight excluding hydrogens is 309 g/mol. The molecule has 0 N–H and O–H groups in total. The minimum atomic E-state index is -0.164. The first-order valence-corrected chi connectivity index (χ1v) is 7.99. The SMILES string of the molecule is COc1ccc(CN(CCCBr)C2CCC2)c(F)c1. The maximum Gasteiger partial charge on any atom is 0.131 e. The molecule has 0 aromatic heterocycles. The molecule has 19 heavy (non-hydrogen) atoms. The fourth-order valence-electron chi connectivity index (χ4n) is 2.41. The third-order valence-corrected chi connectivity index (χ3v) is 4.36. The van der Waals surface area contributed by atoms with Crippen molar-refractivity contribution in [1.29, 1.82) is 0 Å². The number of ether oxygens (including phenoxy) is 1. The summed E-state index contributed by atoms with van der Waals surface area (Å²) in [7, 11) is 1.56. The molecule has 0 saturated heterocycles. The third-order valence-electron chi connectivity index (χ3n) is 3.80. The second-order valence-corrected chi connectivity index (χ2v) is 5.85. The average Bonchev–Trinajstić information content (AvgIpc) is 2.36. The molecule has 1 saturated carbocycles. The molecule has 0 heterocycles. The molecule has 1 aromatic carbocycles. The lowest BCUT2D eigenvalue weighted by molar-refractivity contribution is 0.118. The molecular formula is C15H21BrFNO. The van der Waals surface area contributed by atoms with Gasteiger partial charge in [-0.1, -0.05) is 28.4 Å². The molecule has 0 unspecified atom stereocenters. The van der Waals surface area contributed by atoms with Gasteiger partial charge in [-0.15, -0.1) is 0 Å². The number of benzene rings is 1. The van der Waals surface area contributed by atoms with Crippen LogP contribution in [0.2, 0.25) is 0 Å². The molecule has 0 amide bonds. The molecule has 4 heteroatoms. The monoisotopic (exact) mass is 329 g/mol. The summed E-state index contributed by atoms with van der Waals surface area (Å²) in [4.78, 5) is 2.41. The summed E-state index contributed by atoms with van der Waals surface area (Å²) < 4.78 is 19.0. The van der Waals surface area contributed by atoms with Gasteiger partial charge >= 0.3 is 0 Å². The lowest BCUT2D eigenvalue weighted by Crippen LogP contribution is -2.40. The number of rotatable bonds is 7. The normalized spacial score (nSPS) is 15.6. The van der Waals surface area contributed by atoms with Crippen LogP contribution in [0.4, 0.5) is 4.39 Å². The molecule has 0 atom stereocenters. The zero-order valence-electron chi connectivity index (χ0n) is 11.4. The van der Waals surface area contributed by atoms with Gasteiger partial charge in [-0.25, -0.2) is 4.39 Å². The topological polar surface area (TPSA) is 12.5 Å². The lowest BCUT2D eigenvalue weighted by atomic mass is 9.91. The van der Waals surface area contributed by atoms with Gasteiger partial charge in [0.15, 0.2) is 0 Å². The van der Waals surface area contributed by atoms with Crippen molar-refractivity contribution in [2.75, 3.05) is 19.0 Å². The number of hydrogen-bond donors (Lipinski definition) is 0. The summed E-state index contributed by atoms with van der Waals surface area (Å²) in [6.45, 7) is 1.73. The summed E-state index contributed by atoms with van der Waals surface area (Å²) in [6.07, 6.45) is 4.91. The number of nitrogens with zero attached hydrogens (tertiary/aromatic N) is 1. The zero-order chi connectivity index (χ0) is 13.7. The van der Waals surface area contributed by atoms with Gasteiger partial charge in [-0.05, 0) is 31.9 Å². The predicted octanol–water partition coefficient (Wildman–Crippen LogP) is 3.97. The lowest BCUT2D eigenvalue weighted by Gasteiger charge is -2.37. The highest BCUT2D eigenvalue weighted by Gasteiger charge is 2.25. The van der Waals surface area contributed by atoms with Crippen molar-refractivity contribution in [3.05, 3.63) is 29.6 Å². The molecule has 2 rings (SSSR count). The number of halogens is 2. The van der Waals surface area contributed by atoms with Crippen LogP contribution in [0.15, 0.2) is 18.2 Å². The van der Waals surface area contributed by atoms with Crippen LogP contribution in [0.25, 0.3) is 0 Å². The van der Waals surface area contributed by atoms with E-state index in [0.717, 1.165) is 23.9 Å². The zero-order valence-corrected chi connectivity index (χ0v) is 13.0. The third kappa shape index (κ3) is 3.93. The van der Waals surface area contributed by atoms with Gasteiger partial charge < -0.3 is 4.74 Å². The Morgan fingerprint density at radius 3 is 2.74 bits per heavy atom. The van der Waals surface area contributed by atoms with E-state index in [0.29, 0.717) is 18.3 Å². The highest BCUT2D eigenvalue weighted by molar-refractivity contribution is 9.09. The minimum absolute atomic E-state index is 0.164. The van der Waals surface area contributed by atoms with Gasteiger partial charge in [0.1, 0.15) is 11.6 Å². The average molecular weight is 330 g/mol. The summed E-state index contributed by atoms with van der Waals surface area (Å²) >= 11 is 3.47. The van der Waals surface area contributed by atoms with E-state index < -0.39 is 0 Å². The molecule has 0 spiro atoms. The second kappa shape index (κ2) is 7.25. The van der Waals surface area contributed by atoms with Gasteiger partial charge in [-0.3, -0.25) is 4.90 Å². The van der Waals surface area contributed by atoms with E-state index in [9.17, 15) is 4.39 Å². The van der Waals surface area contributed by atoms with E-state index in [2.05, 4.69) is 20.8 Å². The Bertz CT molecular complexity index is 409. The molecule has 0 aliphatic heterocycles. The molecule has 0 radical (unpaired) electrons. The van der Waals surface area contributed by atoms with Crippen LogP contribution < -0.4 is 4.74 Å². The fraction of sp³-hybridized carbons (Fsp3) is 0.600. The summed E-state index contributed by atoms with van der Waals surface area (Å²) in [5.41, 5.74) is 0.766. The summed E-state index contributed by atoms with van der Waals surface area (Å²) in [5, 5.41) is 1.00. The highest BCUT2D eigenvalue weighted by atomic mass is 79.9. The van der Waals surface area contributed by atoms with E-state index in [4.69, 9.17) is 4.74 Å².